The summed E-state index contributed by atoms with van der Waals surface area (Å²) < 4.78 is 0. The number of amides is 2. The summed E-state index contributed by atoms with van der Waals surface area (Å²) in [5.74, 6) is 0.0787. The molecule has 4 nitrogen and oxygen atoms in total. The Bertz CT molecular complexity index is 582. The lowest BCUT2D eigenvalue weighted by atomic mass is 10.1. The Hall–Kier alpha value is -2.10. The van der Waals surface area contributed by atoms with Crippen molar-refractivity contribution in [2.75, 3.05) is 6.54 Å². The Morgan fingerprint density at radius 2 is 1.96 bits per heavy atom. The summed E-state index contributed by atoms with van der Waals surface area (Å²) in [6.07, 6.45) is 9.69. The summed E-state index contributed by atoms with van der Waals surface area (Å²) in [6.45, 7) is 0.787. The number of nitrogens with one attached hydrogen (secondary N) is 1. The van der Waals surface area contributed by atoms with E-state index in [0.717, 1.165) is 37.8 Å². The average molecular weight is 312 g/mol. The number of hydrogen-bond donors (Lipinski definition) is 1. The summed E-state index contributed by atoms with van der Waals surface area (Å²) in [7, 11) is 0. The molecule has 23 heavy (non-hydrogen) atoms. The van der Waals surface area contributed by atoms with Gasteiger partial charge in [0.05, 0.1) is 6.04 Å². The van der Waals surface area contributed by atoms with E-state index in [4.69, 9.17) is 0 Å². The van der Waals surface area contributed by atoms with Crippen LogP contribution >= 0.6 is 0 Å². The lowest BCUT2D eigenvalue weighted by Gasteiger charge is -2.30. The lowest BCUT2D eigenvalue weighted by Crippen LogP contribution is -2.48. The number of carbonyl (C=O) groups is 2. The fraction of sp³-hybridized carbons (Fsp3) is 0.474. The second kappa shape index (κ2) is 7.44. The minimum atomic E-state index is -0.326. The van der Waals surface area contributed by atoms with E-state index in [1.165, 1.54) is 0 Å². The molecule has 0 radical (unpaired) electrons. The average Bonchev–Trinajstić information content (AvgIpc) is 2.88. The maximum atomic E-state index is 12.8. The summed E-state index contributed by atoms with van der Waals surface area (Å²) >= 11 is 0. The van der Waals surface area contributed by atoms with Crippen LogP contribution in [0.1, 0.15) is 44.1 Å². The predicted molar refractivity (Wildman–Crippen MR) is 90.6 cm³/mol. The van der Waals surface area contributed by atoms with Gasteiger partial charge in [-0.1, -0.05) is 55.3 Å². The molecule has 2 amide bonds. The number of likely N-dealkylation sites (tertiary alicyclic amines) is 1. The van der Waals surface area contributed by atoms with Crippen molar-refractivity contribution < 1.29 is 9.59 Å². The van der Waals surface area contributed by atoms with E-state index in [2.05, 4.69) is 29.6 Å². The smallest absolute Gasteiger partial charge is 0.245 e. The Labute approximate surface area is 137 Å². The van der Waals surface area contributed by atoms with Gasteiger partial charge in [0.15, 0.2) is 0 Å². The quantitative estimate of drug-likeness (QED) is 0.933. The highest BCUT2D eigenvalue weighted by Gasteiger charge is 2.33. The van der Waals surface area contributed by atoms with Gasteiger partial charge in [-0.3, -0.25) is 9.59 Å². The number of carbonyl (C=O) groups excluding carboxylic acids is 2. The lowest BCUT2D eigenvalue weighted by molar-refractivity contribution is -0.135. The van der Waals surface area contributed by atoms with Crippen LogP contribution in [0.4, 0.5) is 0 Å². The highest BCUT2D eigenvalue weighted by atomic mass is 16.2. The van der Waals surface area contributed by atoms with Crippen LogP contribution in [0.5, 0.6) is 0 Å². The zero-order valence-corrected chi connectivity index (χ0v) is 13.4. The topological polar surface area (TPSA) is 49.4 Å². The first-order chi connectivity index (χ1) is 11.2. The SMILES string of the molecule is O=C1CC[C@H](C(=O)N2CCCCC[C@@H]2/C=C/c2ccccc2)N1. The minimum Gasteiger partial charge on any atom is -0.344 e. The van der Waals surface area contributed by atoms with E-state index >= 15 is 0 Å². The molecule has 2 fully saturated rings. The molecule has 0 unspecified atom stereocenters. The number of nitrogens with zero attached hydrogens (tertiary/aromatic N) is 1. The Morgan fingerprint density at radius 1 is 1.13 bits per heavy atom. The van der Waals surface area contributed by atoms with Gasteiger partial charge in [0, 0.05) is 13.0 Å². The predicted octanol–water partition coefficient (Wildman–Crippen LogP) is 2.75. The molecular formula is C19H24N2O2. The van der Waals surface area contributed by atoms with Crippen LogP contribution in [0.15, 0.2) is 36.4 Å². The van der Waals surface area contributed by atoms with Gasteiger partial charge >= 0.3 is 0 Å². The molecule has 2 heterocycles. The molecule has 4 heteroatoms. The molecular weight excluding hydrogens is 288 g/mol. The molecule has 1 aromatic carbocycles. The van der Waals surface area contributed by atoms with Crippen molar-refractivity contribution in [2.45, 2.75) is 50.6 Å². The number of rotatable bonds is 3. The summed E-state index contributed by atoms with van der Waals surface area (Å²) in [5.41, 5.74) is 1.15. The van der Waals surface area contributed by atoms with E-state index < -0.39 is 0 Å². The van der Waals surface area contributed by atoms with Crippen molar-refractivity contribution in [3.63, 3.8) is 0 Å². The maximum absolute atomic E-state index is 12.8. The molecule has 2 aliphatic rings. The third-order valence-electron chi connectivity index (χ3n) is 4.69. The van der Waals surface area contributed by atoms with Gasteiger partial charge in [0.1, 0.15) is 6.04 Å². The van der Waals surface area contributed by atoms with Crippen molar-refractivity contribution >= 4 is 17.9 Å². The molecule has 0 spiro atoms. The van der Waals surface area contributed by atoms with Gasteiger partial charge in [-0.15, -0.1) is 0 Å². The van der Waals surface area contributed by atoms with Crippen molar-refractivity contribution in [3.8, 4) is 0 Å². The standard InChI is InChI=1S/C19H24N2O2/c22-18-13-12-17(20-18)19(23)21-14-6-2-5-9-16(21)11-10-15-7-3-1-4-8-15/h1,3-4,7-8,10-11,16-17H,2,5-6,9,12-14H2,(H,20,22)/b11-10+/t16-,17-/m1/s1. The van der Waals surface area contributed by atoms with Crippen molar-refractivity contribution in [2.24, 2.45) is 0 Å². The highest BCUT2D eigenvalue weighted by Crippen LogP contribution is 2.21. The normalized spacial score (nSPS) is 25.4. The Balaban J connectivity index is 1.73. The van der Waals surface area contributed by atoms with Gasteiger partial charge in [0.25, 0.3) is 0 Å². The van der Waals surface area contributed by atoms with E-state index in [0.29, 0.717) is 12.8 Å². The largest absolute Gasteiger partial charge is 0.344 e. The van der Waals surface area contributed by atoms with E-state index in [9.17, 15) is 9.59 Å². The van der Waals surface area contributed by atoms with Crippen LogP contribution in [0.25, 0.3) is 6.08 Å². The minimum absolute atomic E-state index is 0.00505. The van der Waals surface area contributed by atoms with E-state index in [1.807, 2.05) is 23.1 Å². The van der Waals surface area contributed by atoms with Crippen LogP contribution in [0.3, 0.4) is 0 Å². The van der Waals surface area contributed by atoms with Gasteiger partial charge in [-0.2, -0.15) is 0 Å². The molecule has 1 aromatic rings. The zero-order chi connectivity index (χ0) is 16.1. The van der Waals surface area contributed by atoms with Gasteiger partial charge in [-0.05, 0) is 24.8 Å². The zero-order valence-electron chi connectivity index (χ0n) is 13.4. The molecule has 2 aliphatic heterocycles. The van der Waals surface area contributed by atoms with Crippen LogP contribution in [0, 0.1) is 0 Å². The fourth-order valence-corrected chi connectivity index (χ4v) is 3.39. The van der Waals surface area contributed by atoms with Gasteiger partial charge < -0.3 is 10.2 Å². The third-order valence-corrected chi connectivity index (χ3v) is 4.69. The van der Waals surface area contributed by atoms with Crippen molar-refractivity contribution in [1.29, 1.82) is 0 Å². The third kappa shape index (κ3) is 4.01. The van der Waals surface area contributed by atoms with Gasteiger partial charge in [-0.25, -0.2) is 0 Å². The molecule has 3 rings (SSSR count). The molecule has 2 saturated heterocycles. The van der Waals surface area contributed by atoms with Crippen molar-refractivity contribution in [1.82, 2.24) is 10.2 Å². The van der Waals surface area contributed by atoms with E-state index in [1.54, 1.807) is 0 Å². The maximum Gasteiger partial charge on any atom is 0.245 e. The van der Waals surface area contributed by atoms with Crippen LogP contribution in [-0.4, -0.2) is 35.3 Å². The van der Waals surface area contributed by atoms with Crippen LogP contribution in [-0.2, 0) is 9.59 Å². The molecule has 2 atom stereocenters. The van der Waals surface area contributed by atoms with Gasteiger partial charge in [0.2, 0.25) is 11.8 Å². The van der Waals surface area contributed by atoms with Crippen LogP contribution < -0.4 is 5.32 Å². The fourth-order valence-electron chi connectivity index (χ4n) is 3.39. The van der Waals surface area contributed by atoms with Crippen molar-refractivity contribution in [3.05, 3.63) is 42.0 Å². The molecule has 0 saturated carbocycles. The monoisotopic (exact) mass is 312 g/mol. The first kappa shape index (κ1) is 15.8. The summed E-state index contributed by atoms with van der Waals surface area (Å²) in [4.78, 5) is 26.2. The Morgan fingerprint density at radius 3 is 2.70 bits per heavy atom. The molecule has 0 aliphatic carbocycles. The molecule has 1 N–H and O–H groups in total. The first-order valence-electron chi connectivity index (χ1n) is 8.57. The molecule has 0 bridgehead atoms. The summed E-state index contributed by atoms with van der Waals surface area (Å²) in [6, 6.07) is 9.97. The molecule has 0 aromatic heterocycles. The number of benzene rings is 1. The number of hydrogen-bond acceptors (Lipinski definition) is 2. The second-order valence-corrected chi connectivity index (χ2v) is 6.38. The van der Waals surface area contributed by atoms with Crippen LogP contribution in [0.2, 0.25) is 0 Å². The Kier molecular flexibility index (Phi) is 5.11. The van der Waals surface area contributed by atoms with E-state index in [-0.39, 0.29) is 23.9 Å². The first-order valence-corrected chi connectivity index (χ1v) is 8.57. The molecule has 122 valence electrons. The second-order valence-electron chi connectivity index (χ2n) is 6.38. The summed E-state index contributed by atoms with van der Waals surface area (Å²) in [5, 5.41) is 2.81. The highest BCUT2D eigenvalue weighted by molar-refractivity contribution is 5.91.